The predicted octanol–water partition coefficient (Wildman–Crippen LogP) is 3.46. The monoisotopic (exact) mass is 370 g/mol. The highest BCUT2D eigenvalue weighted by molar-refractivity contribution is 5.74. The van der Waals surface area contributed by atoms with E-state index in [1.165, 1.54) is 0 Å². The Morgan fingerprint density at radius 3 is 2.78 bits per heavy atom. The molecule has 2 amide bonds. The summed E-state index contributed by atoms with van der Waals surface area (Å²) < 4.78 is 16.3. The molecule has 0 spiro atoms. The molecule has 0 saturated heterocycles. The number of nitrogens with one attached hydrogen (secondary N) is 2. The number of amides is 2. The highest BCUT2D eigenvalue weighted by Gasteiger charge is 2.20. The van der Waals surface area contributed by atoms with E-state index in [1.54, 1.807) is 14.2 Å². The fourth-order valence-electron chi connectivity index (χ4n) is 3.24. The molecule has 3 rings (SSSR count). The van der Waals surface area contributed by atoms with Gasteiger partial charge in [-0.15, -0.1) is 0 Å². The quantitative estimate of drug-likeness (QED) is 0.817. The maximum atomic E-state index is 12.3. The Kier molecular flexibility index (Phi) is 6.41. The van der Waals surface area contributed by atoms with Gasteiger partial charge in [-0.3, -0.25) is 0 Å². The summed E-state index contributed by atoms with van der Waals surface area (Å²) in [5.74, 6) is 2.24. The molecule has 0 aliphatic carbocycles. The number of methoxy groups -OCH3 is 2. The second-order valence-corrected chi connectivity index (χ2v) is 6.42. The van der Waals surface area contributed by atoms with Crippen LogP contribution in [0.25, 0.3) is 0 Å². The van der Waals surface area contributed by atoms with Crippen LogP contribution in [0.3, 0.4) is 0 Å². The van der Waals surface area contributed by atoms with E-state index in [0.717, 1.165) is 29.7 Å². The lowest BCUT2D eigenvalue weighted by Gasteiger charge is -2.18. The van der Waals surface area contributed by atoms with Crippen LogP contribution >= 0.6 is 0 Å². The van der Waals surface area contributed by atoms with Gasteiger partial charge in [-0.2, -0.15) is 0 Å². The van der Waals surface area contributed by atoms with Crippen LogP contribution in [-0.2, 0) is 6.42 Å². The summed E-state index contributed by atoms with van der Waals surface area (Å²) >= 11 is 0. The second kappa shape index (κ2) is 9.16. The molecular weight excluding hydrogens is 344 g/mol. The molecule has 2 aromatic carbocycles. The number of ether oxygens (including phenoxy) is 3. The van der Waals surface area contributed by atoms with Crippen LogP contribution < -0.4 is 24.8 Å². The smallest absolute Gasteiger partial charge is 0.315 e. The van der Waals surface area contributed by atoms with Gasteiger partial charge in [0, 0.05) is 12.1 Å². The molecule has 1 heterocycles. The molecular formula is C21H26N2O4. The van der Waals surface area contributed by atoms with Crippen molar-refractivity contribution >= 4 is 6.03 Å². The summed E-state index contributed by atoms with van der Waals surface area (Å²) in [5, 5.41) is 6.00. The van der Waals surface area contributed by atoms with Crippen LogP contribution in [0.1, 0.15) is 30.0 Å². The van der Waals surface area contributed by atoms with Crippen molar-refractivity contribution in [1.29, 1.82) is 0 Å². The first kappa shape index (κ1) is 18.9. The number of carbonyl (C=O) groups excluding carboxylic acids is 1. The fourth-order valence-corrected chi connectivity index (χ4v) is 3.24. The number of para-hydroxylation sites is 1. The van der Waals surface area contributed by atoms with E-state index < -0.39 is 0 Å². The molecule has 6 heteroatoms. The number of hydrogen-bond acceptors (Lipinski definition) is 4. The zero-order chi connectivity index (χ0) is 19.1. The van der Waals surface area contributed by atoms with E-state index in [2.05, 4.69) is 10.6 Å². The first-order valence-corrected chi connectivity index (χ1v) is 9.18. The molecule has 1 aliphatic rings. The molecule has 0 bridgehead atoms. The lowest BCUT2D eigenvalue weighted by molar-refractivity contribution is 0.236. The zero-order valence-corrected chi connectivity index (χ0v) is 15.8. The Bertz CT molecular complexity index is 779. The minimum atomic E-state index is -0.169. The molecule has 2 N–H and O–H groups in total. The molecule has 2 aromatic rings. The molecule has 1 aliphatic heterocycles. The molecule has 0 radical (unpaired) electrons. The van der Waals surface area contributed by atoms with Gasteiger partial charge in [0.2, 0.25) is 0 Å². The van der Waals surface area contributed by atoms with Gasteiger partial charge in [-0.05, 0) is 43.0 Å². The van der Waals surface area contributed by atoms with Crippen LogP contribution in [0.2, 0.25) is 0 Å². The van der Waals surface area contributed by atoms with Gasteiger partial charge in [-0.1, -0.05) is 24.3 Å². The lowest BCUT2D eigenvalue weighted by Crippen LogP contribution is -2.38. The largest absolute Gasteiger partial charge is 0.493 e. The Morgan fingerprint density at radius 1 is 1.15 bits per heavy atom. The summed E-state index contributed by atoms with van der Waals surface area (Å²) in [6.07, 6.45) is 2.48. The average molecular weight is 370 g/mol. The third-order valence-electron chi connectivity index (χ3n) is 4.64. The average Bonchev–Trinajstić information content (AvgIpc) is 2.90. The Balaban J connectivity index is 1.53. The van der Waals surface area contributed by atoms with Gasteiger partial charge in [0.25, 0.3) is 0 Å². The fraction of sp³-hybridized carbons (Fsp3) is 0.381. The number of benzene rings is 2. The molecule has 6 nitrogen and oxygen atoms in total. The normalized spacial score (nSPS) is 15.7. The number of urea groups is 1. The first-order chi connectivity index (χ1) is 13.2. The van der Waals surface area contributed by atoms with Crippen LogP contribution in [0, 0.1) is 0 Å². The maximum Gasteiger partial charge on any atom is 0.315 e. The summed E-state index contributed by atoms with van der Waals surface area (Å²) in [4.78, 5) is 12.3. The van der Waals surface area contributed by atoms with Gasteiger partial charge in [0.05, 0.1) is 26.9 Å². The summed E-state index contributed by atoms with van der Waals surface area (Å²) in [6.45, 7) is 1.21. The number of rotatable bonds is 6. The highest BCUT2D eigenvalue weighted by atomic mass is 16.5. The van der Waals surface area contributed by atoms with E-state index in [4.69, 9.17) is 14.2 Å². The Labute approximate surface area is 159 Å². The summed E-state index contributed by atoms with van der Waals surface area (Å²) in [7, 11) is 3.22. The second-order valence-electron chi connectivity index (χ2n) is 6.42. The maximum absolute atomic E-state index is 12.3. The van der Waals surface area contributed by atoms with E-state index in [-0.39, 0.29) is 12.1 Å². The van der Waals surface area contributed by atoms with E-state index >= 15 is 0 Å². The van der Waals surface area contributed by atoms with Crippen molar-refractivity contribution in [2.24, 2.45) is 0 Å². The topological polar surface area (TPSA) is 68.8 Å². The molecule has 0 fully saturated rings. The van der Waals surface area contributed by atoms with Crippen molar-refractivity contribution in [3.05, 3.63) is 53.6 Å². The summed E-state index contributed by atoms with van der Waals surface area (Å²) in [6, 6.07) is 13.4. The predicted molar refractivity (Wildman–Crippen MR) is 104 cm³/mol. The molecule has 144 valence electrons. The van der Waals surface area contributed by atoms with Crippen molar-refractivity contribution in [2.45, 2.75) is 25.3 Å². The molecule has 1 unspecified atom stereocenters. The van der Waals surface area contributed by atoms with Crippen molar-refractivity contribution in [3.63, 3.8) is 0 Å². The van der Waals surface area contributed by atoms with Gasteiger partial charge >= 0.3 is 6.03 Å². The molecule has 0 aromatic heterocycles. The van der Waals surface area contributed by atoms with Crippen molar-refractivity contribution in [3.8, 4) is 17.2 Å². The minimum absolute atomic E-state index is 0.0372. The van der Waals surface area contributed by atoms with E-state index in [9.17, 15) is 4.79 Å². The third kappa shape index (κ3) is 4.84. The number of fused-ring (bicyclic) bond motifs is 1. The van der Waals surface area contributed by atoms with Gasteiger partial charge in [0.15, 0.2) is 11.5 Å². The molecule has 0 saturated carbocycles. The Hall–Kier alpha value is -2.89. The molecule has 27 heavy (non-hydrogen) atoms. The van der Waals surface area contributed by atoms with Crippen LogP contribution in [0.4, 0.5) is 4.79 Å². The standard InChI is InChI=1S/C21H26N2O4/c1-25-19-10-9-15(14-20(19)26-2)11-12-22-21(24)23-17-7-5-13-27-18-8-4-3-6-16(17)18/h3-4,6,8-10,14,17H,5,7,11-13H2,1-2H3,(H2,22,23,24). The zero-order valence-electron chi connectivity index (χ0n) is 15.8. The van der Waals surface area contributed by atoms with Gasteiger partial charge in [0.1, 0.15) is 5.75 Å². The Morgan fingerprint density at radius 2 is 1.96 bits per heavy atom. The summed E-state index contributed by atoms with van der Waals surface area (Å²) in [5.41, 5.74) is 2.10. The van der Waals surface area contributed by atoms with Crippen LogP contribution in [-0.4, -0.2) is 33.4 Å². The highest BCUT2D eigenvalue weighted by Crippen LogP contribution is 2.31. The van der Waals surface area contributed by atoms with Crippen LogP contribution in [0.15, 0.2) is 42.5 Å². The number of hydrogen-bond donors (Lipinski definition) is 2. The third-order valence-corrected chi connectivity index (χ3v) is 4.64. The van der Waals surface area contributed by atoms with Gasteiger partial charge < -0.3 is 24.8 Å². The minimum Gasteiger partial charge on any atom is -0.493 e. The van der Waals surface area contributed by atoms with Crippen LogP contribution in [0.5, 0.6) is 17.2 Å². The lowest BCUT2D eigenvalue weighted by atomic mass is 10.0. The number of carbonyl (C=O) groups is 1. The van der Waals surface area contributed by atoms with Gasteiger partial charge in [-0.25, -0.2) is 4.79 Å². The van der Waals surface area contributed by atoms with Crippen molar-refractivity contribution in [2.75, 3.05) is 27.4 Å². The SMILES string of the molecule is COc1ccc(CCNC(=O)NC2CCCOc3ccccc32)cc1OC. The van der Waals surface area contributed by atoms with Crippen molar-refractivity contribution in [1.82, 2.24) is 10.6 Å². The van der Waals surface area contributed by atoms with E-state index in [1.807, 2.05) is 42.5 Å². The first-order valence-electron chi connectivity index (χ1n) is 9.18. The molecule has 1 atom stereocenters. The van der Waals surface area contributed by atoms with Crippen molar-refractivity contribution < 1.29 is 19.0 Å². The van der Waals surface area contributed by atoms with E-state index in [0.29, 0.717) is 31.1 Å².